The Morgan fingerprint density at radius 3 is 2.39 bits per heavy atom. The van der Waals surface area contributed by atoms with Crippen LogP contribution in [0, 0.1) is 0 Å². The van der Waals surface area contributed by atoms with Gasteiger partial charge in [-0.15, -0.1) is 0 Å². The maximum Gasteiger partial charge on any atom is 0.337 e. The summed E-state index contributed by atoms with van der Waals surface area (Å²) in [5.41, 5.74) is 1.88. The largest absolute Gasteiger partial charge is 0.488 e. The predicted octanol–water partition coefficient (Wildman–Crippen LogP) is 4.39. The molecule has 0 bridgehead atoms. The summed E-state index contributed by atoms with van der Waals surface area (Å²) in [5.74, 6) is 0.0904. The number of carbonyl (C=O) groups excluding carboxylic acids is 2. The molecule has 0 saturated heterocycles. The predicted molar refractivity (Wildman–Crippen MR) is 94.4 cm³/mol. The summed E-state index contributed by atoms with van der Waals surface area (Å²) in [7, 11) is 1.34. The fourth-order valence-corrected chi connectivity index (χ4v) is 2.60. The first-order valence-electron chi connectivity index (χ1n) is 6.74. The highest BCUT2D eigenvalue weighted by molar-refractivity contribution is 9.10. The zero-order valence-corrected chi connectivity index (χ0v) is 15.5. The monoisotopic (exact) mass is 440 g/mol. The number of carbonyl (C=O) groups is 2. The van der Waals surface area contributed by atoms with Crippen molar-refractivity contribution in [1.82, 2.24) is 0 Å². The third-order valence-electron chi connectivity index (χ3n) is 3.13. The normalized spacial score (nSPS) is 10.2. The molecule has 0 aromatic heterocycles. The van der Waals surface area contributed by atoms with Gasteiger partial charge in [-0.1, -0.05) is 44.0 Å². The molecule has 2 aromatic rings. The van der Waals surface area contributed by atoms with E-state index < -0.39 is 0 Å². The summed E-state index contributed by atoms with van der Waals surface area (Å²) < 4.78 is 11.2. The van der Waals surface area contributed by atoms with E-state index in [1.807, 2.05) is 6.07 Å². The van der Waals surface area contributed by atoms with Crippen LogP contribution in [0.25, 0.3) is 0 Å². The van der Waals surface area contributed by atoms with Gasteiger partial charge in [0.25, 0.3) is 0 Å². The lowest BCUT2D eigenvalue weighted by Gasteiger charge is -2.11. The lowest BCUT2D eigenvalue weighted by molar-refractivity contribution is 0.0600. The van der Waals surface area contributed by atoms with Gasteiger partial charge in [-0.05, 0) is 35.9 Å². The van der Waals surface area contributed by atoms with Crippen molar-refractivity contribution in [2.75, 3.05) is 12.4 Å². The molecule has 4 nitrogen and oxygen atoms in total. The maximum atomic E-state index is 12.0. The summed E-state index contributed by atoms with van der Waals surface area (Å²) in [6.45, 7) is 0.297. The Morgan fingerprint density at radius 1 is 1.09 bits per heavy atom. The van der Waals surface area contributed by atoms with Crippen LogP contribution in [0.2, 0.25) is 0 Å². The van der Waals surface area contributed by atoms with Crippen molar-refractivity contribution in [3.05, 3.63) is 63.6 Å². The second-order valence-electron chi connectivity index (χ2n) is 4.67. The van der Waals surface area contributed by atoms with Crippen molar-refractivity contribution < 1.29 is 19.1 Å². The van der Waals surface area contributed by atoms with Gasteiger partial charge in [0, 0.05) is 4.47 Å². The van der Waals surface area contributed by atoms with E-state index >= 15 is 0 Å². The van der Waals surface area contributed by atoms with Gasteiger partial charge in [0.2, 0.25) is 0 Å². The number of halogens is 2. The van der Waals surface area contributed by atoms with Crippen molar-refractivity contribution in [3.8, 4) is 5.75 Å². The Labute approximate surface area is 151 Å². The zero-order chi connectivity index (χ0) is 16.8. The average Bonchev–Trinajstić information content (AvgIpc) is 2.59. The number of methoxy groups -OCH3 is 1. The number of esters is 1. The molecule has 0 amide bonds. The number of Topliss-reactive ketones (excluding diaryl/α,β-unsaturated/α-hetero) is 1. The van der Waals surface area contributed by atoms with E-state index in [-0.39, 0.29) is 17.1 Å². The molecule has 0 N–H and O–H groups in total. The van der Waals surface area contributed by atoms with Gasteiger partial charge in [0.15, 0.2) is 5.78 Å². The lowest BCUT2D eigenvalue weighted by Crippen LogP contribution is -2.06. The number of alkyl halides is 1. The van der Waals surface area contributed by atoms with Gasteiger partial charge in [0.05, 0.1) is 23.6 Å². The maximum absolute atomic E-state index is 12.0. The molecule has 120 valence electrons. The number of hydrogen-bond acceptors (Lipinski definition) is 4. The van der Waals surface area contributed by atoms with Crippen molar-refractivity contribution in [3.63, 3.8) is 0 Å². The van der Waals surface area contributed by atoms with E-state index in [0.717, 1.165) is 10.0 Å². The quantitative estimate of drug-likeness (QED) is 0.379. The number of ether oxygens (including phenoxy) is 2. The number of ketones is 1. The summed E-state index contributed by atoms with van der Waals surface area (Å²) in [4.78, 5) is 23.3. The summed E-state index contributed by atoms with van der Waals surface area (Å²) >= 11 is 6.52. The molecule has 0 atom stereocenters. The number of hydrogen-bond donors (Lipinski definition) is 0. The first-order chi connectivity index (χ1) is 11.0. The highest BCUT2D eigenvalue weighted by Crippen LogP contribution is 2.25. The van der Waals surface area contributed by atoms with E-state index in [4.69, 9.17) is 4.74 Å². The Balaban J connectivity index is 2.12. The van der Waals surface area contributed by atoms with Crippen molar-refractivity contribution >= 4 is 43.6 Å². The van der Waals surface area contributed by atoms with Gasteiger partial charge in [-0.3, -0.25) is 4.79 Å². The van der Waals surface area contributed by atoms with Gasteiger partial charge < -0.3 is 9.47 Å². The molecule has 23 heavy (non-hydrogen) atoms. The van der Waals surface area contributed by atoms with Crippen LogP contribution in [0.3, 0.4) is 0 Å². The molecular formula is C17H14Br2O4. The van der Waals surface area contributed by atoms with E-state index in [1.165, 1.54) is 7.11 Å². The molecule has 0 spiro atoms. The standard InChI is InChI=1S/C17H14Br2O4/c1-22-17(21)12-4-2-11(3-5-12)10-23-16-7-6-13(19)8-14(16)15(20)9-18/h2-8H,9-10H2,1H3. The van der Waals surface area contributed by atoms with Crippen LogP contribution in [0.15, 0.2) is 46.9 Å². The second-order valence-corrected chi connectivity index (χ2v) is 6.15. The van der Waals surface area contributed by atoms with Crippen molar-refractivity contribution in [1.29, 1.82) is 0 Å². The van der Waals surface area contributed by atoms with E-state index in [9.17, 15) is 9.59 Å². The summed E-state index contributed by atoms with van der Waals surface area (Å²) in [5, 5.41) is 0.230. The van der Waals surface area contributed by atoms with Crippen molar-refractivity contribution in [2.45, 2.75) is 6.61 Å². The number of benzene rings is 2. The highest BCUT2D eigenvalue weighted by atomic mass is 79.9. The van der Waals surface area contributed by atoms with Crippen LogP contribution in [-0.2, 0) is 11.3 Å². The molecule has 0 aliphatic heterocycles. The molecule has 0 heterocycles. The molecule has 0 aliphatic carbocycles. The molecule has 6 heteroatoms. The molecule has 0 saturated carbocycles. The molecule has 2 rings (SSSR count). The fraction of sp³-hybridized carbons (Fsp3) is 0.176. The van der Waals surface area contributed by atoms with E-state index in [1.54, 1.807) is 36.4 Å². The third kappa shape index (κ3) is 4.65. The zero-order valence-electron chi connectivity index (χ0n) is 12.3. The van der Waals surface area contributed by atoms with Crippen LogP contribution in [-0.4, -0.2) is 24.2 Å². The second kappa shape index (κ2) is 8.26. The van der Waals surface area contributed by atoms with Gasteiger partial charge in [-0.2, -0.15) is 0 Å². The van der Waals surface area contributed by atoms with Crippen LogP contribution < -0.4 is 4.74 Å². The van der Waals surface area contributed by atoms with Gasteiger partial charge in [-0.25, -0.2) is 4.79 Å². The first kappa shape index (κ1) is 17.7. The van der Waals surface area contributed by atoms with Crippen LogP contribution in [0.4, 0.5) is 0 Å². The Morgan fingerprint density at radius 2 is 1.78 bits per heavy atom. The Bertz CT molecular complexity index is 711. The molecule has 0 radical (unpaired) electrons. The van der Waals surface area contributed by atoms with Crippen LogP contribution in [0.1, 0.15) is 26.3 Å². The van der Waals surface area contributed by atoms with E-state index in [2.05, 4.69) is 36.6 Å². The Kier molecular flexibility index (Phi) is 6.36. The Hall–Kier alpha value is -1.66. The minimum absolute atomic E-state index is 0.0534. The molecule has 2 aromatic carbocycles. The minimum atomic E-state index is -0.379. The fourth-order valence-electron chi connectivity index (χ4n) is 1.93. The summed E-state index contributed by atoms with van der Waals surface area (Å²) in [6.07, 6.45) is 0. The topological polar surface area (TPSA) is 52.6 Å². The number of rotatable bonds is 6. The SMILES string of the molecule is COC(=O)c1ccc(COc2ccc(Br)cc2C(=O)CBr)cc1. The molecule has 0 aliphatic rings. The first-order valence-corrected chi connectivity index (χ1v) is 8.65. The third-order valence-corrected chi connectivity index (χ3v) is 4.14. The van der Waals surface area contributed by atoms with Crippen LogP contribution in [0.5, 0.6) is 5.75 Å². The van der Waals surface area contributed by atoms with E-state index in [0.29, 0.717) is 23.5 Å². The molecule has 0 fully saturated rings. The highest BCUT2D eigenvalue weighted by Gasteiger charge is 2.12. The molecule has 0 unspecified atom stereocenters. The smallest absolute Gasteiger partial charge is 0.337 e. The van der Waals surface area contributed by atoms with Crippen LogP contribution >= 0.6 is 31.9 Å². The molecular weight excluding hydrogens is 428 g/mol. The van der Waals surface area contributed by atoms with Gasteiger partial charge in [0.1, 0.15) is 12.4 Å². The minimum Gasteiger partial charge on any atom is -0.488 e. The lowest BCUT2D eigenvalue weighted by atomic mass is 10.1. The van der Waals surface area contributed by atoms with Gasteiger partial charge >= 0.3 is 5.97 Å². The van der Waals surface area contributed by atoms with Crippen molar-refractivity contribution in [2.24, 2.45) is 0 Å². The summed E-state index contributed by atoms with van der Waals surface area (Å²) in [6, 6.07) is 12.2. The average molecular weight is 442 g/mol.